The summed E-state index contributed by atoms with van der Waals surface area (Å²) in [4.78, 5) is 33.3. The predicted molar refractivity (Wildman–Crippen MR) is 143 cm³/mol. The zero-order valence-electron chi connectivity index (χ0n) is 22.4. The number of aromatic amines is 1. The molecule has 198 valence electrons. The summed E-state index contributed by atoms with van der Waals surface area (Å²) in [6.45, 7) is 5.85. The lowest BCUT2D eigenvalue weighted by molar-refractivity contribution is -0.142. The molecular formula is C29H36ClN3O4. The summed E-state index contributed by atoms with van der Waals surface area (Å²) in [5, 5.41) is 0. The van der Waals surface area contributed by atoms with Gasteiger partial charge in [0.25, 0.3) is 11.5 Å². The number of hydrogen-bond donors (Lipinski definition) is 1. The number of nitrogens with one attached hydrogen (secondary N) is 1. The number of H-pyrrole nitrogens is 1. The van der Waals surface area contributed by atoms with Crippen LogP contribution < -0.4 is 15.0 Å². The Kier molecular flexibility index (Phi) is 5.70. The molecule has 3 aliphatic carbocycles. The predicted octanol–water partition coefficient (Wildman–Crippen LogP) is 4.82. The van der Waals surface area contributed by atoms with Crippen molar-refractivity contribution in [1.82, 2.24) is 14.8 Å². The molecule has 37 heavy (non-hydrogen) atoms. The molecule has 2 unspecified atom stereocenters. The number of carbonyl (C=O) groups is 1. The SMILES string of the molecule is Cc1cc(C)c(CN2C(=O)c3c(cc4c(c3C)OC(C35CCC(N(C)C)(CC3)CC5)O4)CC2Cl)c(=O)[nH]1. The van der Waals surface area contributed by atoms with Crippen LogP contribution in [0.25, 0.3) is 0 Å². The van der Waals surface area contributed by atoms with Crippen LogP contribution in [0.4, 0.5) is 0 Å². The second-order valence-corrected chi connectivity index (χ2v) is 12.4. The van der Waals surface area contributed by atoms with Gasteiger partial charge >= 0.3 is 0 Å². The highest BCUT2D eigenvalue weighted by Gasteiger charge is 2.56. The average molecular weight is 526 g/mol. The molecule has 5 aliphatic rings. The maximum atomic E-state index is 13.8. The van der Waals surface area contributed by atoms with E-state index < -0.39 is 5.50 Å². The van der Waals surface area contributed by atoms with Gasteiger partial charge in [0.15, 0.2) is 11.5 Å². The van der Waals surface area contributed by atoms with E-state index in [-0.39, 0.29) is 29.7 Å². The largest absolute Gasteiger partial charge is 0.450 e. The first-order valence-electron chi connectivity index (χ1n) is 13.4. The monoisotopic (exact) mass is 525 g/mol. The molecule has 1 aromatic carbocycles. The van der Waals surface area contributed by atoms with Gasteiger partial charge in [-0.15, -0.1) is 0 Å². The van der Waals surface area contributed by atoms with Crippen molar-refractivity contribution in [1.29, 1.82) is 0 Å². The molecule has 7 nitrogen and oxygen atoms in total. The van der Waals surface area contributed by atoms with Crippen LogP contribution in [0.15, 0.2) is 16.9 Å². The van der Waals surface area contributed by atoms with Crippen LogP contribution in [0, 0.1) is 26.2 Å². The second-order valence-electron chi connectivity index (χ2n) is 11.9. The van der Waals surface area contributed by atoms with E-state index in [0.29, 0.717) is 28.8 Å². The van der Waals surface area contributed by atoms with Gasteiger partial charge < -0.3 is 24.3 Å². The molecule has 3 saturated carbocycles. The number of amides is 1. The van der Waals surface area contributed by atoms with E-state index in [9.17, 15) is 9.59 Å². The molecular weight excluding hydrogens is 490 g/mol. The van der Waals surface area contributed by atoms with Gasteiger partial charge in [0.1, 0.15) is 5.50 Å². The highest BCUT2D eigenvalue weighted by molar-refractivity contribution is 6.22. The summed E-state index contributed by atoms with van der Waals surface area (Å²) < 4.78 is 13.0. The van der Waals surface area contributed by atoms with Crippen molar-refractivity contribution in [3.63, 3.8) is 0 Å². The molecule has 2 aromatic rings. The summed E-state index contributed by atoms with van der Waals surface area (Å²) >= 11 is 6.75. The van der Waals surface area contributed by atoms with E-state index >= 15 is 0 Å². The molecule has 0 saturated heterocycles. The van der Waals surface area contributed by atoms with E-state index in [0.717, 1.165) is 66.7 Å². The minimum absolute atomic E-state index is 0.0127. The fraction of sp³-hybridized carbons (Fsp3) is 0.586. The highest BCUT2D eigenvalue weighted by Crippen LogP contribution is 2.58. The molecule has 1 amide bonds. The normalized spacial score (nSPS) is 30.2. The van der Waals surface area contributed by atoms with Crippen molar-refractivity contribution in [2.24, 2.45) is 5.41 Å². The van der Waals surface area contributed by atoms with Crippen molar-refractivity contribution < 1.29 is 14.3 Å². The molecule has 3 fully saturated rings. The molecule has 3 heterocycles. The summed E-state index contributed by atoms with van der Waals surface area (Å²) in [6.07, 6.45) is 6.91. The van der Waals surface area contributed by atoms with E-state index in [4.69, 9.17) is 21.1 Å². The fourth-order valence-corrected chi connectivity index (χ4v) is 7.55. The van der Waals surface area contributed by atoms with E-state index in [1.807, 2.05) is 32.9 Å². The Morgan fingerprint density at radius 3 is 2.35 bits per heavy atom. The second kappa shape index (κ2) is 8.50. The van der Waals surface area contributed by atoms with Crippen LogP contribution in [-0.2, 0) is 13.0 Å². The summed E-state index contributed by atoms with van der Waals surface area (Å²) in [6, 6.07) is 3.88. The standard InChI is InChI=1S/C29H36ClN3O4/c1-16-12-17(2)31-25(34)20(16)15-33-22(30)14-19-13-21-24(18(3)23(19)26(33)35)37-27(36-21)28-6-9-29(10-7-28,11-8-28)32(4)5/h12-13,22,27H,6-11,14-15H2,1-5H3,(H,31,34). The molecule has 8 heteroatoms. The van der Waals surface area contributed by atoms with Gasteiger partial charge in [0, 0.05) is 39.8 Å². The van der Waals surface area contributed by atoms with E-state index in [1.54, 1.807) is 4.90 Å². The van der Waals surface area contributed by atoms with Crippen molar-refractivity contribution in [3.05, 3.63) is 56.0 Å². The molecule has 2 bridgehead atoms. The Labute approximate surface area is 223 Å². The molecule has 1 aromatic heterocycles. The van der Waals surface area contributed by atoms with Crippen LogP contribution in [0.1, 0.15) is 76.8 Å². The molecule has 2 aliphatic heterocycles. The van der Waals surface area contributed by atoms with Crippen LogP contribution in [0.2, 0.25) is 0 Å². The average Bonchev–Trinajstić information content (AvgIpc) is 3.29. The molecule has 7 rings (SSSR count). The Bertz CT molecular complexity index is 1330. The summed E-state index contributed by atoms with van der Waals surface area (Å²) in [5.74, 6) is 1.23. The minimum atomic E-state index is -0.551. The molecule has 0 radical (unpaired) electrons. The third-order valence-corrected chi connectivity index (χ3v) is 10.2. The Balaban J connectivity index is 1.28. The number of hydrogen-bond acceptors (Lipinski definition) is 5. The molecule has 1 N–H and O–H groups in total. The number of fused-ring (bicyclic) bond motifs is 5. The van der Waals surface area contributed by atoms with Gasteiger partial charge in [0.2, 0.25) is 6.29 Å². The number of rotatable bonds is 4. The third kappa shape index (κ3) is 3.72. The van der Waals surface area contributed by atoms with Gasteiger partial charge in [0.05, 0.1) is 6.54 Å². The van der Waals surface area contributed by atoms with Crippen molar-refractivity contribution in [3.8, 4) is 11.5 Å². The van der Waals surface area contributed by atoms with Crippen molar-refractivity contribution >= 4 is 17.5 Å². The number of halogens is 1. The topological polar surface area (TPSA) is 74.9 Å². The lowest BCUT2D eigenvalue weighted by Crippen LogP contribution is -2.58. The van der Waals surface area contributed by atoms with Gasteiger partial charge in [-0.05, 0) is 96.7 Å². The van der Waals surface area contributed by atoms with Crippen LogP contribution >= 0.6 is 11.6 Å². The number of aryl methyl sites for hydroxylation is 2. The van der Waals surface area contributed by atoms with Crippen LogP contribution in [0.5, 0.6) is 11.5 Å². The number of aromatic nitrogens is 1. The maximum Gasteiger partial charge on any atom is 0.256 e. The zero-order chi connectivity index (χ0) is 26.3. The zero-order valence-corrected chi connectivity index (χ0v) is 23.1. The van der Waals surface area contributed by atoms with E-state index in [1.165, 1.54) is 0 Å². The van der Waals surface area contributed by atoms with Crippen LogP contribution in [0.3, 0.4) is 0 Å². The van der Waals surface area contributed by atoms with Crippen LogP contribution in [-0.4, -0.2) is 52.1 Å². The molecule has 2 atom stereocenters. The minimum Gasteiger partial charge on any atom is -0.450 e. The van der Waals surface area contributed by atoms with Gasteiger partial charge in [-0.2, -0.15) is 0 Å². The Morgan fingerprint density at radius 2 is 1.73 bits per heavy atom. The van der Waals surface area contributed by atoms with Gasteiger partial charge in [-0.1, -0.05) is 11.6 Å². The van der Waals surface area contributed by atoms with Gasteiger partial charge in [-0.3, -0.25) is 9.59 Å². The lowest BCUT2D eigenvalue weighted by atomic mass is 9.56. The smallest absolute Gasteiger partial charge is 0.256 e. The first-order chi connectivity index (χ1) is 17.5. The number of benzene rings is 1. The number of carbonyl (C=O) groups excluding carboxylic acids is 1. The Morgan fingerprint density at radius 1 is 1.05 bits per heavy atom. The quantitative estimate of drug-likeness (QED) is 0.458. The fourth-order valence-electron chi connectivity index (χ4n) is 7.23. The molecule has 0 spiro atoms. The summed E-state index contributed by atoms with van der Waals surface area (Å²) in [5.41, 5.74) is 4.11. The third-order valence-electron chi connectivity index (χ3n) is 9.76. The number of ether oxygens (including phenoxy) is 2. The van der Waals surface area contributed by atoms with Crippen molar-refractivity contribution in [2.75, 3.05) is 14.1 Å². The van der Waals surface area contributed by atoms with E-state index in [2.05, 4.69) is 24.0 Å². The maximum absolute atomic E-state index is 13.8. The first kappa shape index (κ1) is 24.8. The van der Waals surface area contributed by atoms with Gasteiger partial charge in [-0.25, -0.2) is 0 Å². The Hall–Kier alpha value is -2.51. The summed E-state index contributed by atoms with van der Waals surface area (Å²) in [7, 11) is 4.40. The highest BCUT2D eigenvalue weighted by atomic mass is 35.5. The number of nitrogens with zero attached hydrogens (tertiary/aromatic N) is 2. The van der Waals surface area contributed by atoms with Crippen molar-refractivity contribution in [2.45, 2.75) is 89.6 Å². The first-order valence-corrected chi connectivity index (χ1v) is 13.8. The number of pyridine rings is 1. The lowest BCUT2D eigenvalue weighted by Gasteiger charge is -2.56. The number of alkyl halides is 1.